The SMILES string of the molecule is COc1ccc(Cc2nnc(S[C@@H](C(=O)N(C)C)c3ccccc3)n2N)cc1. The molecule has 0 aliphatic carbocycles. The normalized spacial score (nSPS) is 11.8. The van der Waals surface area contributed by atoms with Gasteiger partial charge in [-0.15, -0.1) is 10.2 Å². The molecule has 1 amide bonds. The van der Waals surface area contributed by atoms with Crippen molar-refractivity contribution in [3.05, 3.63) is 71.5 Å². The Kier molecular flexibility index (Phi) is 6.20. The maximum atomic E-state index is 12.7. The van der Waals surface area contributed by atoms with Crippen LogP contribution in [0.25, 0.3) is 0 Å². The van der Waals surface area contributed by atoms with E-state index < -0.39 is 5.25 Å². The number of hydrogen-bond acceptors (Lipinski definition) is 6. The summed E-state index contributed by atoms with van der Waals surface area (Å²) in [6.07, 6.45) is 0.533. The molecule has 3 aromatic rings. The number of nitrogen functional groups attached to an aromatic ring is 1. The highest BCUT2D eigenvalue weighted by atomic mass is 32.2. The Balaban J connectivity index is 1.81. The zero-order valence-electron chi connectivity index (χ0n) is 16.1. The molecule has 0 radical (unpaired) electrons. The predicted molar refractivity (Wildman–Crippen MR) is 110 cm³/mol. The number of hydrogen-bond donors (Lipinski definition) is 1. The zero-order chi connectivity index (χ0) is 20.1. The van der Waals surface area contributed by atoms with Crippen LogP contribution in [-0.4, -0.2) is 46.9 Å². The molecule has 2 N–H and O–H groups in total. The number of nitrogens with two attached hydrogens (primary N) is 1. The smallest absolute Gasteiger partial charge is 0.240 e. The predicted octanol–water partition coefficient (Wildman–Crippen LogP) is 2.51. The van der Waals surface area contributed by atoms with E-state index in [-0.39, 0.29) is 5.91 Å². The summed E-state index contributed by atoms with van der Waals surface area (Å²) in [5.74, 6) is 7.62. The molecule has 0 aliphatic heterocycles. The first-order valence-electron chi connectivity index (χ1n) is 8.74. The average molecular weight is 398 g/mol. The van der Waals surface area contributed by atoms with Crippen LogP contribution in [0.2, 0.25) is 0 Å². The maximum absolute atomic E-state index is 12.7. The largest absolute Gasteiger partial charge is 0.497 e. The van der Waals surface area contributed by atoms with Gasteiger partial charge >= 0.3 is 0 Å². The number of carbonyl (C=O) groups excluding carboxylic acids is 1. The molecule has 0 unspecified atom stereocenters. The number of rotatable bonds is 7. The first-order valence-corrected chi connectivity index (χ1v) is 9.62. The molecule has 8 heteroatoms. The number of thioether (sulfide) groups is 1. The minimum absolute atomic E-state index is 0.0316. The zero-order valence-corrected chi connectivity index (χ0v) is 16.9. The third-order valence-corrected chi connectivity index (χ3v) is 5.45. The molecule has 3 rings (SSSR count). The van der Waals surface area contributed by atoms with Crippen molar-refractivity contribution in [3.8, 4) is 5.75 Å². The van der Waals surface area contributed by atoms with Gasteiger partial charge in [-0.25, -0.2) is 4.68 Å². The van der Waals surface area contributed by atoms with E-state index in [1.54, 1.807) is 26.1 Å². The quantitative estimate of drug-likeness (QED) is 0.487. The van der Waals surface area contributed by atoms with Gasteiger partial charge in [-0.1, -0.05) is 54.2 Å². The van der Waals surface area contributed by atoms with Gasteiger partial charge in [0.15, 0.2) is 5.82 Å². The van der Waals surface area contributed by atoms with Gasteiger partial charge in [0.2, 0.25) is 11.1 Å². The van der Waals surface area contributed by atoms with Crippen LogP contribution < -0.4 is 10.6 Å². The van der Waals surface area contributed by atoms with Gasteiger partial charge in [0.1, 0.15) is 11.0 Å². The lowest BCUT2D eigenvalue weighted by Crippen LogP contribution is -2.27. The summed E-state index contributed by atoms with van der Waals surface area (Å²) in [6.45, 7) is 0. The minimum atomic E-state index is -0.448. The number of aromatic nitrogens is 3. The van der Waals surface area contributed by atoms with Crippen LogP contribution in [0.1, 0.15) is 22.2 Å². The number of carbonyl (C=O) groups is 1. The molecule has 1 heterocycles. The minimum Gasteiger partial charge on any atom is -0.497 e. The molecule has 1 aromatic heterocycles. The van der Waals surface area contributed by atoms with Gasteiger partial charge in [-0.3, -0.25) is 4.79 Å². The highest BCUT2D eigenvalue weighted by Crippen LogP contribution is 2.35. The second-order valence-electron chi connectivity index (χ2n) is 6.43. The molecule has 0 aliphatic rings. The first kappa shape index (κ1) is 19.8. The topological polar surface area (TPSA) is 86.3 Å². The summed E-state index contributed by atoms with van der Waals surface area (Å²) in [4.78, 5) is 14.3. The third kappa shape index (κ3) is 4.45. The highest BCUT2D eigenvalue weighted by molar-refractivity contribution is 8.00. The summed E-state index contributed by atoms with van der Waals surface area (Å²) in [6, 6.07) is 17.3. The van der Waals surface area contributed by atoms with E-state index in [1.807, 2.05) is 54.6 Å². The van der Waals surface area contributed by atoms with Crippen LogP contribution in [0.4, 0.5) is 0 Å². The third-order valence-electron chi connectivity index (χ3n) is 4.25. The van der Waals surface area contributed by atoms with E-state index in [4.69, 9.17) is 10.6 Å². The van der Waals surface area contributed by atoms with Crippen molar-refractivity contribution in [2.24, 2.45) is 0 Å². The summed E-state index contributed by atoms with van der Waals surface area (Å²) in [5, 5.41) is 8.47. The summed E-state index contributed by atoms with van der Waals surface area (Å²) in [7, 11) is 5.11. The monoisotopic (exact) mass is 397 g/mol. The van der Waals surface area contributed by atoms with Gasteiger partial charge in [0, 0.05) is 20.5 Å². The summed E-state index contributed by atoms with van der Waals surface area (Å²) in [5.41, 5.74) is 1.94. The number of benzene rings is 2. The van der Waals surface area contributed by atoms with Crippen LogP contribution >= 0.6 is 11.8 Å². The molecular weight excluding hydrogens is 374 g/mol. The van der Waals surface area contributed by atoms with E-state index in [9.17, 15) is 4.79 Å². The molecule has 0 bridgehead atoms. The standard InChI is InChI=1S/C20H23N5O2S/c1-24(2)19(26)18(15-7-5-4-6-8-15)28-20-23-22-17(25(20)21)13-14-9-11-16(27-3)12-10-14/h4-12,18H,13,21H2,1-3H3/t18-/m1/s1. The van der Waals surface area contributed by atoms with Crippen molar-refractivity contribution in [1.29, 1.82) is 0 Å². The Labute approximate surface area is 168 Å². The van der Waals surface area contributed by atoms with Crippen LogP contribution in [0.15, 0.2) is 59.8 Å². The maximum Gasteiger partial charge on any atom is 0.240 e. The number of amides is 1. The van der Waals surface area contributed by atoms with Crippen LogP contribution in [-0.2, 0) is 11.2 Å². The van der Waals surface area contributed by atoms with Crippen molar-refractivity contribution in [2.75, 3.05) is 27.0 Å². The fraction of sp³-hybridized carbons (Fsp3) is 0.250. The average Bonchev–Trinajstić information content (AvgIpc) is 3.06. The molecule has 0 spiro atoms. The Bertz CT molecular complexity index is 926. The molecule has 146 valence electrons. The van der Waals surface area contributed by atoms with Crippen LogP contribution in [0, 0.1) is 0 Å². The van der Waals surface area contributed by atoms with Crippen molar-refractivity contribution in [3.63, 3.8) is 0 Å². The van der Waals surface area contributed by atoms with Gasteiger partial charge < -0.3 is 15.5 Å². The second kappa shape index (κ2) is 8.79. The van der Waals surface area contributed by atoms with E-state index in [1.165, 1.54) is 16.4 Å². The molecular formula is C20H23N5O2S. The van der Waals surface area contributed by atoms with E-state index in [0.717, 1.165) is 16.9 Å². The Morgan fingerprint density at radius 1 is 1.14 bits per heavy atom. The lowest BCUT2D eigenvalue weighted by Gasteiger charge is -2.20. The fourth-order valence-corrected chi connectivity index (χ4v) is 3.79. The number of likely N-dealkylation sites (N-methyl/N-ethyl adjacent to an activating group) is 1. The Hall–Kier alpha value is -3.00. The summed E-state index contributed by atoms with van der Waals surface area (Å²) < 4.78 is 6.63. The van der Waals surface area contributed by atoms with Crippen molar-refractivity contribution >= 4 is 17.7 Å². The van der Waals surface area contributed by atoms with Crippen molar-refractivity contribution in [2.45, 2.75) is 16.8 Å². The molecule has 0 saturated heterocycles. The Morgan fingerprint density at radius 3 is 2.43 bits per heavy atom. The first-order chi connectivity index (χ1) is 13.5. The number of nitrogens with zero attached hydrogens (tertiary/aromatic N) is 4. The number of methoxy groups -OCH3 is 1. The molecule has 28 heavy (non-hydrogen) atoms. The van der Waals surface area contributed by atoms with Crippen molar-refractivity contribution < 1.29 is 9.53 Å². The van der Waals surface area contributed by atoms with E-state index in [0.29, 0.717) is 17.4 Å². The number of ether oxygens (including phenoxy) is 1. The molecule has 7 nitrogen and oxygen atoms in total. The molecule has 2 aromatic carbocycles. The van der Waals surface area contributed by atoms with Crippen LogP contribution in [0.3, 0.4) is 0 Å². The molecule has 0 saturated carbocycles. The Morgan fingerprint density at radius 2 is 1.82 bits per heavy atom. The van der Waals surface area contributed by atoms with Gasteiger partial charge in [-0.2, -0.15) is 0 Å². The van der Waals surface area contributed by atoms with Gasteiger partial charge in [0.25, 0.3) is 0 Å². The molecule has 0 fully saturated rings. The van der Waals surface area contributed by atoms with Gasteiger partial charge in [-0.05, 0) is 23.3 Å². The summed E-state index contributed by atoms with van der Waals surface area (Å²) >= 11 is 1.30. The van der Waals surface area contributed by atoms with E-state index >= 15 is 0 Å². The van der Waals surface area contributed by atoms with E-state index in [2.05, 4.69) is 10.2 Å². The second-order valence-corrected chi connectivity index (χ2v) is 7.51. The fourth-order valence-electron chi connectivity index (χ4n) is 2.66. The van der Waals surface area contributed by atoms with Crippen molar-refractivity contribution in [1.82, 2.24) is 19.8 Å². The van der Waals surface area contributed by atoms with Crippen LogP contribution in [0.5, 0.6) is 5.75 Å². The lowest BCUT2D eigenvalue weighted by atomic mass is 10.1. The molecule has 1 atom stereocenters. The lowest BCUT2D eigenvalue weighted by molar-refractivity contribution is -0.128. The van der Waals surface area contributed by atoms with Gasteiger partial charge in [0.05, 0.1) is 7.11 Å². The highest BCUT2D eigenvalue weighted by Gasteiger charge is 2.26.